The van der Waals surface area contributed by atoms with E-state index in [4.69, 9.17) is 4.42 Å². The third-order valence-corrected chi connectivity index (χ3v) is 14.6. The van der Waals surface area contributed by atoms with E-state index < -0.39 is 0 Å². The molecule has 4 heteroatoms. The molecule has 0 unspecified atom stereocenters. The van der Waals surface area contributed by atoms with Crippen molar-refractivity contribution < 1.29 is 4.42 Å². The summed E-state index contributed by atoms with van der Waals surface area (Å²) >= 11 is 0. The number of hydrogen-bond acceptors (Lipinski definition) is 1. The first kappa shape index (κ1) is 38.7. The van der Waals surface area contributed by atoms with Crippen LogP contribution in [-0.2, 0) is 0 Å². The normalized spacial score (nSPS) is 12.0. The number of fused-ring (bicyclic) bond motifs is 12. The Labute approximate surface area is 402 Å². The minimum Gasteiger partial charge on any atom is -0.456 e. The van der Waals surface area contributed by atoms with Crippen molar-refractivity contribution in [1.29, 1.82) is 0 Å². The molecule has 4 heterocycles. The molecule has 0 atom stereocenters. The van der Waals surface area contributed by atoms with E-state index in [1.54, 1.807) is 0 Å². The molecule has 4 aromatic heterocycles. The van der Waals surface area contributed by atoms with E-state index in [1.165, 1.54) is 76.6 Å². The predicted molar refractivity (Wildman–Crippen MR) is 293 cm³/mol. The van der Waals surface area contributed by atoms with Gasteiger partial charge in [0.05, 0.1) is 33.1 Å². The van der Waals surface area contributed by atoms with Gasteiger partial charge in [-0.15, -0.1) is 0 Å². The molecule has 0 bridgehead atoms. The second-order valence-corrected chi connectivity index (χ2v) is 18.5. The third-order valence-electron chi connectivity index (χ3n) is 14.6. The van der Waals surface area contributed by atoms with Gasteiger partial charge in [0, 0.05) is 60.2 Å². The smallest absolute Gasteiger partial charge is 0.135 e. The van der Waals surface area contributed by atoms with Gasteiger partial charge in [0.2, 0.25) is 0 Å². The number of benzene rings is 11. The second kappa shape index (κ2) is 15.1. The van der Waals surface area contributed by atoms with Crippen molar-refractivity contribution in [2.45, 2.75) is 0 Å². The van der Waals surface area contributed by atoms with Crippen LogP contribution in [-0.4, -0.2) is 13.7 Å². The molecule has 11 aromatic carbocycles. The monoisotopic (exact) mass is 891 g/mol. The first-order valence-corrected chi connectivity index (χ1v) is 24.0. The standard InChI is InChI=1S/C66H41N3O/c1-3-13-48(14-4-1)67-59-20-10-7-17-51(59)56-37-44(27-34-61(56)67)46-25-32-53-54-33-26-47(45-28-35-62-57(38-45)52-18-8-11-21-60(52)68(62)49-15-5-2-6-16-49)41-64(54)69(63(53)40-46)50-30-23-42(24-31-50)43-29-36-66-58(39-43)55-19-9-12-22-65(55)70-66/h1-41H. The Morgan fingerprint density at radius 3 is 1.13 bits per heavy atom. The van der Waals surface area contributed by atoms with Gasteiger partial charge < -0.3 is 18.1 Å². The van der Waals surface area contributed by atoms with Crippen LogP contribution in [0.2, 0.25) is 0 Å². The Kier molecular flexibility index (Phi) is 8.33. The van der Waals surface area contributed by atoms with Gasteiger partial charge in [-0.05, 0) is 137 Å². The molecular weight excluding hydrogens is 851 g/mol. The summed E-state index contributed by atoms with van der Waals surface area (Å²) in [5.74, 6) is 0. The van der Waals surface area contributed by atoms with E-state index in [-0.39, 0.29) is 0 Å². The lowest BCUT2D eigenvalue weighted by atomic mass is 10.00. The zero-order valence-corrected chi connectivity index (χ0v) is 37.9. The fraction of sp³-hybridized carbons (Fsp3) is 0. The quantitative estimate of drug-likeness (QED) is 0.163. The molecule has 0 spiro atoms. The summed E-state index contributed by atoms with van der Waals surface area (Å²) in [6.07, 6.45) is 0. The summed E-state index contributed by atoms with van der Waals surface area (Å²) in [6, 6.07) is 90.7. The summed E-state index contributed by atoms with van der Waals surface area (Å²) in [4.78, 5) is 0. The average molecular weight is 892 g/mol. The number of furan rings is 1. The molecule has 4 nitrogen and oxygen atoms in total. The zero-order chi connectivity index (χ0) is 45.9. The number of para-hydroxylation sites is 5. The first-order chi connectivity index (χ1) is 34.7. The lowest BCUT2D eigenvalue weighted by Crippen LogP contribution is -1.95. The SMILES string of the molecule is c1ccc(-n2c3ccccc3c3cc(-c4ccc5c6ccc(-c7ccc8c(c7)c7ccccc7n8-c7ccccc7)cc6n(-c6ccc(-c7ccc8oc9ccccc9c8c7)cc6)c5c4)ccc32)cc1. The van der Waals surface area contributed by atoms with Crippen molar-refractivity contribution in [2.75, 3.05) is 0 Å². The van der Waals surface area contributed by atoms with Crippen LogP contribution in [0.1, 0.15) is 0 Å². The van der Waals surface area contributed by atoms with E-state index in [9.17, 15) is 0 Å². The maximum Gasteiger partial charge on any atom is 0.135 e. The van der Waals surface area contributed by atoms with Crippen molar-refractivity contribution in [2.24, 2.45) is 0 Å². The van der Waals surface area contributed by atoms with Crippen LogP contribution in [0, 0.1) is 0 Å². The lowest BCUT2D eigenvalue weighted by Gasteiger charge is -2.12. The molecule has 0 fully saturated rings. The maximum absolute atomic E-state index is 6.19. The highest BCUT2D eigenvalue weighted by molar-refractivity contribution is 6.14. The summed E-state index contributed by atoms with van der Waals surface area (Å²) in [5.41, 5.74) is 19.4. The Morgan fingerprint density at radius 2 is 0.557 bits per heavy atom. The van der Waals surface area contributed by atoms with Gasteiger partial charge in [-0.3, -0.25) is 0 Å². The second-order valence-electron chi connectivity index (χ2n) is 18.5. The van der Waals surface area contributed by atoms with Crippen LogP contribution in [0.3, 0.4) is 0 Å². The molecule has 0 radical (unpaired) electrons. The van der Waals surface area contributed by atoms with E-state index >= 15 is 0 Å². The highest BCUT2D eigenvalue weighted by atomic mass is 16.3. The minimum absolute atomic E-state index is 0.903. The van der Waals surface area contributed by atoms with E-state index in [0.717, 1.165) is 61.2 Å². The topological polar surface area (TPSA) is 27.9 Å². The van der Waals surface area contributed by atoms with Crippen LogP contribution >= 0.6 is 0 Å². The fourth-order valence-electron chi connectivity index (χ4n) is 11.4. The van der Waals surface area contributed by atoms with Crippen molar-refractivity contribution in [3.05, 3.63) is 249 Å². The summed E-state index contributed by atoms with van der Waals surface area (Å²) in [7, 11) is 0. The van der Waals surface area contributed by atoms with Crippen LogP contribution in [0.25, 0.3) is 138 Å². The van der Waals surface area contributed by atoms with Gasteiger partial charge in [0.15, 0.2) is 0 Å². The highest BCUT2D eigenvalue weighted by Gasteiger charge is 2.19. The molecule has 70 heavy (non-hydrogen) atoms. The number of nitrogens with zero attached hydrogens (tertiary/aromatic N) is 3. The predicted octanol–water partition coefficient (Wildman–Crippen LogP) is 17.9. The Balaban J connectivity index is 0.910. The Morgan fingerprint density at radius 1 is 0.200 bits per heavy atom. The van der Waals surface area contributed by atoms with Crippen molar-refractivity contribution in [1.82, 2.24) is 13.7 Å². The molecule has 15 aromatic rings. The molecule has 0 aliphatic rings. The molecule has 15 rings (SSSR count). The van der Waals surface area contributed by atoms with Gasteiger partial charge in [0.25, 0.3) is 0 Å². The summed E-state index contributed by atoms with van der Waals surface area (Å²) < 4.78 is 13.4. The Hall–Kier alpha value is -9.38. The first-order valence-electron chi connectivity index (χ1n) is 24.0. The third kappa shape index (κ3) is 5.84. The number of rotatable bonds is 6. The number of aromatic nitrogens is 3. The summed E-state index contributed by atoms with van der Waals surface area (Å²) in [6.45, 7) is 0. The molecule has 0 aliphatic carbocycles. The number of hydrogen-bond donors (Lipinski definition) is 0. The van der Waals surface area contributed by atoms with Gasteiger partial charge in [-0.1, -0.05) is 146 Å². The van der Waals surface area contributed by atoms with Crippen LogP contribution in [0.15, 0.2) is 253 Å². The molecule has 0 N–H and O–H groups in total. The van der Waals surface area contributed by atoms with Crippen LogP contribution < -0.4 is 0 Å². The van der Waals surface area contributed by atoms with Gasteiger partial charge >= 0.3 is 0 Å². The minimum atomic E-state index is 0.903. The van der Waals surface area contributed by atoms with Crippen molar-refractivity contribution in [3.63, 3.8) is 0 Å². The van der Waals surface area contributed by atoms with Gasteiger partial charge in [-0.25, -0.2) is 0 Å². The van der Waals surface area contributed by atoms with E-state index in [1.807, 2.05) is 12.1 Å². The lowest BCUT2D eigenvalue weighted by molar-refractivity contribution is 0.669. The van der Waals surface area contributed by atoms with Crippen LogP contribution in [0.5, 0.6) is 0 Å². The Bertz CT molecular complexity index is 4350. The molecule has 0 aliphatic heterocycles. The van der Waals surface area contributed by atoms with E-state index in [0.29, 0.717) is 0 Å². The molecule has 326 valence electrons. The van der Waals surface area contributed by atoms with Gasteiger partial charge in [0.1, 0.15) is 11.2 Å². The zero-order valence-electron chi connectivity index (χ0n) is 37.9. The fourth-order valence-corrected chi connectivity index (χ4v) is 11.4. The van der Waals surface area contributed by atoms with Crippen molar-refractivity contribution >= 4 is 87.4 Å². The van der Waals surface area contributed by atoms with E-state index in [2.05, 4.69) is 250 Å². The molecule has 0 saturated heterocycles. The maximum atomic E-state index is 6.19. The van der Waals surface area contributed by atoms with Crippen molar-refractivity contribution in [3.8, 4) is 50.4 Å². The molecule has 0 amide bonds. The van der Waals surface area contributed by atoms with Gasteiger partial charge in [-0.2, -0.15) is 0 Å². The molecular formula is C66H41N3O. The van der Waals surface area contributed by atoms with Crippen LogP contribution in [0.4, 0.5) is 0 Å². The molecule has 0 saturated carbocycles. The summed E-state index contributed by atoms with van der Waals surface area (Å²) in [5, 5.41) is 9.67. The average Bonchev–Trinajstić information content (AvgIpc) is 4.17. The largest absolute Gasteiger partial charge is 0.456 e. The highest BCUT2D eigenvalue weighted by Crippen LogP contribution is 2.42.